The van der Waals surface area contributed by atoms with Gasteiger partial charge in [0.2, 0.25) is 0 Å². The van der Waals surface area contributed by atoms with Gasteiger partial charge in [-0.25, -0.2) is 0 Å². The van der Waals surface area contributed by atoms with Crippen LogP contribution in [0.2, 0.25) is 0 Å². The van der Waals surface area contributed by atoms with Crippen molar-refractivity contribution < 1.29 is 37.0 Å². The van der Waals surface area contributed by atoms with Crippen LogP contribution in [-0.4, -0.2) is 15.3 Å². The number of allylic oxidation sites excluding steroid dienone is 4. The van der Waals surface area contributed by atoms with E-state index in [4.69, 9.17) is 10.2 Å². The summed E-state index contributed by atoms with van der Waals surface area (Å²) in [5.74, 6) is 1.05. The van der Waals surface area contributed by atoms with E-state index in [1.54, 1.807) is 48.5 Å². The fourth-order valence-electron chi connectivity index (χ4n) is 3.47. The number of phenolic OH excluding ortho intramolecular Hbond substituents is 3. The van der Waals surface area contributed by atoms with Crippen LogP contribution in [0.4, 0.5) is 0 Å². The van der Waals surface area contributed by atoms with Gasteiger partial charge in [-0.2, -0.15) is 0 Å². The molecule has 3 N–H and O–H groups in total. The Morgan fingerprint density at radius 1 is 0.600 bits per heavy atom. The van der Waals surface area contributed by atoms with Gasteiger partial charge in [0.15, 0.2) is 0 Å². The number of hydrogen-bond donors (Lipinski definition) is 3. The quantitative estimate of drug-likeness (QED) is 0.211. The minimum absolute atomic E-state index is 0. The monoisotopic (exact) mass is 544 g/mol. The first kappa shape index (κ1) is 32.3. The predicted molar refractivity (Wildman–Crippen MR) is 147 cm³/mol. The van der Waals surface area contributed by atoms with E-state index < -0.39 is 0 Å². The molecule has 0 atom stereocenters. The van der Waals surface area contributed by atoms with E-state index >= 15 is 0 Å². The molecule has 4 aromatic carbocycles. The van der Waals surface area contributed by atoms with E-state index in [9.17, 15) is 5.11 Å². The Bertz CT molecular complexity index is 1200. The van der Waals surface area contributed by atoms with Gasteiger partial charge in [0, 0.05) is 32.7 Å². The van der Waals surface area contributed by atoms with Gasteiger partial charge in [0.05, 0.1) is 0 Å². The van der Waals surface area contributed by atoms with Crippen LogP contribution in [-0.2, 0) is 21.7 Å². The van der Waals surface area contributed by atoms with Gasteiger partial charge in [-0.1, -0.05) is 84.4 Å². The second-order valence-corrected chi connectivity index (χ2v) is 7.55. The van der Waals surface area contributed by atoms with Crippen molar-refractivity contribution in [3.8, 4) is 17.2 Å². The first-order valence-corrected chi connectivity index (χ1v) is 10.5. The molecule has 0 saturated carbocycles. The minimum Gasteiger partial charge on any atom is -0.508 e. The number of fused-ring (bicyclic) bond motifs is 1. The summed E-state index contributed by atoms with van der Waals surface area (Å²) in [5, 5.41) is 29.7. The molecule has 5 rings (SSSR count). The van der Waals surface area contributed by atoms with Crippen molar-refractivity contribution in [1.82, 2.24) is 0 Å². The summed E-state index contributed by atoms with van der Waals surface area (Å²) >= 11 is 0. The maximum atomic E-state index is 10.5. The third-order valence-corrected chi connectivity index (χ3v) is 5.39. The van der Waals surface area contributed by atoms with Crippen LogP contribution >= 0.6 is 24.8 Å². The molecule has 4 aromatic rings. The van der Waals surface area contributed by atoms with Gasteiger partial charge in [0.1, 0.15) is 17.2 Å². The molecule has 0 saturated heterocycles. The molecule has 0 aliphatic heterocycles. The summed E-state index contributed by atoms with van der Waals surface area (Å²) in [6, 6.07) is 29.5. The van der Waals surface area contributed by atoms with E-state index in [2.05, 4.69) is 26.0 Å². The molecule has 1 aliphatic carbocycles. The van der Waals surface area contributed by atoms with Gasteiger partial charge in [-0.15, -0.1) is 24.8 Å². The first-order valence-electron chi connectivity index (χ1n) is 10.5. The number of hydrogen-bond acceptors (Lipinski definition) is 3. The smallest absolute Gasteiger partial charge is 0.130 e. The molecular formula is C29H30Cl2O3Ti. The van der Waals surface area contributed by atoms with Crippen molar-refractivity contribution in [3.63, 3.8) is 0 Å². The molecule has 35 heavy (non-hydrogen) atoms. The molecule has 0 bridgehead atoms. The third-order valence-electron chi connectivity index (χ3n) is 5.39. The Morgan fingerprint density at radius 2 is 1.09 bits per heavy atom. The zero-order chi connectivity index (χ0) is 22.9. The summed E-state index contributed by atoms with van der Waals surface area (Å²) in [4.78, 5) is 0. The molecule has 1 aliphatic rings. The van der Waals surface area contributed by atoms with E-state index in [0.29, 0.717) is 17.2 Å². The van der Waals surface area contributed by atoms with Crippen molar-refractivity contribution in [3.05, 3.63) is 120 Å². The van der Waals surface area contributed by atoms with E-state index in [1.807, 2.05) is 42.5 Å². The second-order valence-electron chi connectivity index (χ2n) is 7.55. The van der Waals surface area contributed by atoms with E-state index in [-0.39, 0.29) is 46.5 Å². The maximum Gasteiger partial charge on any atom is 0.130 e. The van der Waals surface area contributed by atoms with Gasteiger partial charge >= 0.3 is 0 Å². The first-order chi connectivity index (χ1) is 15.5. The Morgan fingerprint density at radius 3 is 1.51 bits per heavy atom. The van der Waals surface area contributed by atoms with Crippen LogP contribution in [0.1, 0.15) is 25.8 Å². The Balaban J connectivity index is 0.000000570. The average molecular weight is 545 g/mol. The molecule has 3 nitrogen and oxygen atoms in total. The van der Waals surface area contributed by atoms with Crippen molar-refractivity contribution in [2.45, 2.75) is 20.3 Å². The standard InChI is InChI=1S/C17H16O.2C6H6O.2ClH.Ti/c1-11-7-9-14(12(11)2)16-10-8-13-5-3-4-6-15(13)17(16)18;2*7-6-4-2-1-3-5-6;;;/h3-8,10,18H,9H2,1-2H3;2*1-5,7H;2*1H;. The zero-order valence-electron chi connectivity index (χ0n) is 19.7. The van der Waals surface area contributed by atoms with Crippen LogP contribution < -0.4 is 0 Å². The Labute approximate surface area is 234 Å². The number of benzene rings is 4. The van der Waals surface area contributed by atoms with E-state index in [1.165, 1.54) is 16.7 Å². The predicted octanol–water partition coefficient (Wildman–Crippen LogP) is 8.29. The molecule has 0 fully saturated rings. The average Bonchev–Trinajstić information content (AvgIpc) is 3.14. The topological polar surface area (TPSA) is 60.7 Å². The fourth-order valence-corrected chi connectivity index (χ4v) is 3.47. The number of aromatic hydroxyl groups is 3. The summed E-state index contributed by atoms with van der Waals surface area (Å²) < 4.78 is 0. The molecular weight excluding hydrogens is 515 g/mol. The molecule has 0 radical (unpaired) electrons. The van der Waals surface area contributed by atoms with Gasteiger partial charge in [-0.3, -0.25) is 0 Å². The zero-order valence-corrected chi connectivity index (χ0v) is 22.9. The summed E-state index contributed by atoms with van der Waals surface area (Å²) in [6.45, 7) is 4.25. The van der Waals surface area contributed by atoms with Crippen molar-refractivity contribution in [1.29, 1.82) is 0 Å². The molecule has 0 aromatic heterocycles. The maximum absolute atomic E-state index is 10.5. The summed E-state index contributed by atoms with van der Waals surface area (Å²) in [5.41, 5.74) is 4.83. The van der Waals surface area contributed by atoms with Gasteiger partial charge in [-0.05, 0) is 61.1 Å². The second kappa shape index (κ2) is 16.1. The molecule has 6 heteroatoms. The van der Waals surface area contributed by atoms with Crippen molar-refractivity contribution >= 4 is 41.2 Å². The van der Waals surface area contributed by atoms with Crippen molar-refractivity contribution in [2.75, 3.05) is 0 Å². The SMILES string of the molecule is CC1=CCC(c2ccc3ccccc3c2O)=C1C.Cl.Cl.Oc1ccccc1.Oc1ccccc1.[Ti]. The number of halogens is 2. The Hall–Kier alpha value is -2.69. The molecule has 0 unspecified atom stereocenters. The number of phenols is 3. The van der Waals surface area contributed by atoms with E-state index in [0.717, 1.165) is 22.8 Å². The van der Waals surface area contributed by atoms with Crippen LogP contribution in [0.5, 0.6) is 17.2 Å². The summed E-state index contributed by atoms with van der Waals surface area (Å²) in [6.07, 6.45) is 3.14. The summed E-state index contributed by atoms with van der Waals surface area (Å²) in [7, 11) is 0. The number of para-hydroxylation sites is 2. The fraction of sp³-hybridized carbons (Fsp3) is 0.103. The van der Waals surface area contributed by atoms with Crippen molar-refractivity contribution in [2.24, 2.45) is 0 Å². The van der Waals surface area contributed by atoms with Gasteiger partial charge in [0.25, 0.3) is 0 Å². The molecule has 182 valence electrons. The van der Waals surface area contributed by atoms with Gasteiger partial charge < -0.3 is 15.3 Å². The normalized spacial score (nSPS) is 11.3. The Kier molecular flexibility index (Phi) is 14.8. The third kappa shape index (κ3) is 9.12. The van der Waals surface area contributed by atoms with Crippen LogP contribution in [0.25, 0.3) is 16.3 Å². The molecule has 0 heterocycles. The van der Waals surface area contributed by atoms with Crippen LogP contribution in [0, 0.1) is 0 Å². The number of rotatable bonds is 1. The molecule has 0 spiro atoms. The van der Waals surface area contributed by atoms with Crippen LogP contribution in [0.15, 0.2) is 114 Å². The van der Waals surface area contributed by atoms with Crippen LogP contribution in [0.3, 0.4) is 0 Å². The largest absolute Gasteiger partial charge is 0.508 e. The molecule has 0 amide bonds. The minimum atomic E-state index is 0.